The van der Waals surface area contributed by atoms with Crippen molar-refractivity contribution in [3.63, 3.8) is 0 Å². The summed E-state index contributed by atoms with van der Waals surface area (Å²) >= 11 is 0. The van der Waals surface area contributed by atoms with Crippen LogP contribution in [0.2, 0.25) is 0 Å². The highest BCUT2D eigenvalue weighted by Gasteiger charge is 2.55. The zero-order valence-electron chi connectivity index (χ0n) is 21.1. The molecule has 3 unspecified atom stereocenters. The van der Waals surface area contributed by atoms with E-state index in [2.05, 4.69) is 5.32 Å². The van der Waals surface area contributed by atoms with Crippen LogP contribution < -0.4 is 5.32 Å². The van der Waals surface area contributed by atoms with E-state index in [9.17, 15) is 20.0 Å². The average molecular weight is 520 g/mol. The van der Waals surface area contributed by atoms with Gasteiger partial charge in [-0.25, -0.2) is 4.98 Å². The Hall–Kier alpha value is -4.82. The fourth-order valence-corrected chi connectivity index (χ4v) is 5.63. The lowest BCUT2D eigenvalue weighted by atomic mass is 9.68. The zero-order valence-corrected chi connectivity index (χ0v) is 21.1. The molecule has 2 N–H and O–H groups in total. The van der Waals surface area contributed by atoms with E-state index in [0.29, 0.717) is 28.0 Å². The molecule has 194 valence electrons. The lowest BCUT2D eigenvalue weighted by Gasteiger charge is -2.45. The molecule has 8 heteroatoms. The molecule has 2 heterocycles. The predicted octanol–water partition coefficient (Wildman–Crippen LogP) is 5.88. The maximum absolute atomic E-state index is 13.8. The fraction of sp³-hybridized carbons (Fsp3) is 0.161. The van der Waals surface area contributed by atoms with Crippen LogP contribution in [0.15, 0.2) is 97.1 Å². The molecule has 0 saturated heterocycles. The Balaban J connectivity index is 1.66. The number of nitrogens with zero attached hydrogens (tertiary/aromatic N) is 2. The number of hydrogen-bond acceptors (Lipinski definition) is 7. The number of para-hydroxylation sites is 1. The van der Waals surface area contributed by atoms with E-state index < -0.39 is 28.5 Å². The molecule has 6 rings (SSSR count). The van der Waals surface area contributed by atoms with Crippen LogP contribution in [0.3, 0.4) is 0 Å². The third-order valence-electron chi connectivity index (χ3n) is 7.40. The number of fused-ring (bicyclic) bond motifs is 4. The molecule has 3 atom stereocenters. The van der Waals surface area contributed by atoms with Crippen molar-refractivity contribution in [3.05, 3.63) is 124 Å². The number of aromatic nitrogens is 1. The van der Waals surface area contributed by atoms with Gasteiger partial charge in [0.15, 0.2) is 0 Å². The topological polar surface area (TPSA) is 115 Å². The van der Waals surface area contributed by atoms with Crippen LogP contribution >= 0.6 is 0 Å². The number of benzene rings is 4. The van der Waals surface area contributed by atoms with Crippen molar-refractivity contribution in [1.82, 2.24) is 4.98 Å². The lowest BCUT2D eigenvalue weighted by molar-refractivity contribution is -0.384. The van der Waals surface area contributed by atoms with E-state index in [1.54, 1.807) is 25.1 Å². The minimum absolute atomic E-state index is 0.0694. The zero-order chi connectivity index (χ0) is 27.1. The van der Waals surface area contributed by atoms with Gasteiger partial charge < -0.3 is 15.2 Å². The summed E-state index contributed by atoms with van der Waals surface area (Å²) in [5.41, 5.74) is 0.777. The second kappa shape index (κ2) is 9.49. The van der Waals surface area contributed by atoms with Gasteiger partial charge in [-0.2, -0.15) is 0 Å². The number of ether oxygens (including phenoxy) is 1. The van der Waals surface area contributed by atoms with Gasteiger partial charge in [0.25, 0.3) is 5.69 Å². The van der Waals surface area contributed by atoms with Crippen molar-refractivity contribution in [3.8, 4) is 0 Å². The molecule has 8 nitrogen and oxygen atoms in total. The van der Waals surface area contributed by atoms with Crippen molar-refractivity contribution in [1.29, 1.82) is 0 Å². The number of carbonyl (C=O) groups is 1. The standard InChI is InChI=1S/C31H25N3O5/c1-2-39-30(35)28-29(21-11-15-22(16-12-21)34(37)38)33-25-17-13-19-7-3-5-9-23(19)27(25)31(28,36)26-18-14-20-8-4-6-10-24(20)32-26/h3-18,28-29,33,36H,2H2,1H3. The maximum atomic E-state index is 13.8. The Labute approximate surface area is 224 Å². The number of carbonyl (C=O) groups excluding carboxylic acids is 1. The van der Waals surface area contributed by atoms with Gasteiger partial charge in [-0.1, -0.05) is 66.7 Å². The number of rotatable bonds is 5. The van der Waals surface area contributed by atoms with E-state index in [-0.39, 0.29) is 12.3 Å². The van der Waals surface area contributed by atoms with Crippen molar-refractivity contribution >= 4 is 39.0 Å². The van der Waals surface area contributed by atoms with E-state index in [4.69, 9.17) is 9.72 Å². The summed E-state index contributed by atoms with van der Waals surface area (Å²) in [4.78, 5) is 29.5. The molecule has 0 radical (unpaired) electrons. The van der Waals surface area contributed by atoms with Crippen molar-refractivity contribution < 1.29 is 19.6 Å². The maximum Gasteiger partial charge on any atom is 0.315 e. The van der Waals surface area contributed by atoms with Gasteiger partial charge in [0.1, 0.15) is 11.5 Å². The van der Waals surface area contributed by atoms with E-state index in [0.717, 1.165) is 16.2 Å². The van der Waals surface area contributed by atoms with Gasteiger partial charge in [0, 0.05) is 28.8 Å². The molecule has 0 bridgehead atoms. The molecule has 1 aromatic heterocycles. The lowest BCUT2D eigenvalue weighted by Crippen LogP contribution is -2.51. The molecule has 4 aromatic carbocycles. The molecule has 5 aromatic rings. The summed E-state index contributed by atoms with van der Waals surface area (Å²) in [5.74, 6) is -1.77. The van der Waals surface area contributed by atoms with Crippen LogP contribution in [0.1, 0.15) is 29.8 Å². The van der Waals surface area contributed by atoms with Crippen molar-refractivity contribution in [2.45, 2.75) is 18.6 Å². The van der Waals surface area contributed by atoms with Gasteiger partial charge in [-0.3, -0.25) is 14.9 Å². The van der Waals surface area contributed by atoms with Gasteiger partial charge >= 0.3 is 5.97 Å². The van der Waals surface area contributed by atoms with Crippen LogP contribution in [0, 0.1) is 16.0 Å². The smallest absolute Gasteiger partial charge is 0.315 e. The Morgan fingerprint density at radius 1 is 0.974 bits per heavy atom. The van der Waals surface area contributed by atoms with Crippen LogP contribution in [0.5, 0.6) is 0 Å². The van der Waals surface area contributed by atoms with E-state index >= 15 is 0 Å². The molecule has 0 saturated carbocycles. The second-order valence-electron chi connectivity index (χ2n) is 9.57. The number of non-ortho nitro benzene ring substituents is 1. The number of hydrogen-bond donors (Lipinski definition) is 2. The van der Waals surface area contributed by atoms with Crippen LogP contribution in [-0.2, 0) is 15.1 Å². The minimum Gasteiger partial charge on any atom is -0.466 e. The Kier molecular flexibility index (Phi) is 5.96. The Bertz CT molecular complexity index is 1740. The average Bonchev–Trinajstić information content (AvgIpc) is 2.96. The first-order valence-corrected chi connectivity index (χ1v) is 12.7. The quantitative estimate of drug-likeness (QED) is 0.169. The summed E-state index contributed by atoms with van der Waals surface area (Å²) in [6.45, 7) is 1.83. The van der Waals surface area contributed by atoms with E-state index in [1.165, 1.54) is 12.1 Å². The summed E-state index contributed by atoms with van der Waals surface area (Å²) < 4.78 is 5.55. The highest BCUT2D eigenvalue weighted by atomic mass is 16.6. The molecular formula is C31H25N3O5. The number of nitrogens with one attached hydrogen (secondary N) is 1. The molecule has 39 heavy (non-hydrogen) atoms. The highest BCUT2D eigenvalue weighted by Crippen LogP contribution is 2.53. The van der Waals surface area contributed by atoms with Gasteiger partial charge in [-0.15, -0.1) is 0 Å². The number of aliphatic hydroxyl groups is 1. The SMILES string of the molecule is CCOC(=O)C1C(c2ccc([N+](=O)[O-])cc2)Nc2ccc3ccccc3c2C1(O)c1ccc2ccccc2n1. The first-order valence-electron chi connectivity index (χ1n) is 12.7. The summed E-state index contributed by atoms with van der Waals surface area (Å²) in [6, 6.07) is 27.9. The summed E-state index contributed by atoms with van der Waals surface area (Å²) in [6.07, 6.45) is 0. The first kappa shape index (κ1) is 24.5. The second-order valence-corrected chi connectivity index (χ2v) is 9.57. The van der Waals surface area contributed by atoms with Crippen LogP contribution in [0.25, 0.3) is 21.7 Å². The number of esters is 1. The highest BCUT2D eigenvalue weighted by molar-refractivity contribution is 5.94. The molecular weight excluding hydrogens is 494 g/mol. The molecule has 0 spiro atoms. The number of pyridine rings is 1. The van der Waals surface area contributed by atoms with Gasteiger partial charge in [-0.05, 0) is 41.5 Å². The van der Waals surface area contributed by atoms with Crippen molar-refractivity contribution in [2.75, 3.05) is 11.9 Å². The van der Waals surface area contributed by atoms with Gasteiger partial charge in [0.2, 0.25) is 0 Å². The number of nitro benzene ring substituents is 1. The predicted molar refractivity (Wildman–Crippen MR) is 148 cm³/mol. The Morgan fingerprint density at radius 3 is 2.41 bits per heavy atom. The Morgan fingerprint density at radius 2 is 1.67 bits per heavy atom. The first-order chi connectivity index (χ1) is 18.9. The summed E-state index contributed by atoms with van der Waals surface area (Å²) in [5, 5.41) is 30.3. The molecule has 1 aliphatic heterocycles. The normalized spacial score (nSPS) is 20.3. The molecule has 1 aliphatic rings. The van der Waals surface area contributed by atoms with Gasteiger partial charge in [0.05, 0.1) is 28.8 Å². The third-order valence-corrected chi connectivity index (χ3v) is 7.40. The van der Waals surface area contributed by atoms with Crippen LogP contribution in [-0.4, -0.2) is 27.6 Å². The molecule has 0 fully saturated rings. The summed E-state index contributed by atoms with van der Waals surface area (Å²) in [7, 11) is 0. The molecule has 0 amide bonds. The van der Waals surface area contributed by atoms with Crippen LogP contribution in [0.4, 0.5) is 11.4 Å². The monoisotopic (exact) mass is 519 g/mol. The third kappa shape index (κ3) is 3.97. The number of nitro groups is 1. The fourth-order valence-electron chi connectivity index (χ4n) is 5.63. The number of anilines is 1. The molecule has 0 aliphatic carbocycles. The largest absolute Gasteiger partial charge is 0.466 e. The van der Waals surface area contributed by atoms with Crippen molar-refractivity contribution in [2.24, 2.45) is 5.92 Å². The van der Waals surface area contributed by atoms with E-state index in [1.807, 2.05) is 66.7 Å². The minimum atomic E-state index is -1.90.